The third-order valence-corrected chi connectivity index (χ3v) is 5.19. The molecule has 152 valence electrons. The molecule has 2 aromatic rings. The van der Waals surface area contributed by atoms with Gasteiger partial charge in [-0.2, -0.15) is 8.42 Å². The molecule has 0 unspecified atom stereocenters. The van der Waals surface area contributed by atoms with Gasteiger partial charge in [0, 0.05) is 0 Å². The van der Waals surface area contributed by atoms with Crippen molar-refractivity contribution >= 4 is 21.9 Å². The number of carbonyl (C=O) groups is 1. The second kappa shape index (κ2) is 8.75. The van der Waals surface area contributed by atoms with E-state index in [1.807, 2.05) is 26.0 Å². The summed E-state index contributed by atoms with van der Waals surface area (Å²) in [5, 5.41) is 0. The van der Waals surface area contributed by atoms with Crippen LogP contribution in [-0.4, -0.2) is 26.8 Å². The molecule has 0 radical (unpaired) electrons. The van der Waals surface area contributed by atoms with Crippen molar-refractivity contribution in [2.75, 3.05) is 11.6 Å². The van der Waals surface area contributed by atoms with Gasteiger partial charge < -0.3 is 4.74 Å². The Labute approximate surface area is 167 Å². The number of nitrogens with zero attached hydrogens (tertiary/aromatic N) is 1. The van der Waals surface area contributed by atoms with Crippen LogP contribution in [0, 0.1) is 6.92 Å². The summed E-state index contributed by atoms with van der Waals surface area (Å²) in [4.78, 5) is 14.0. The van der Waals surface area contributed by atoms with Gasteiger partial charge in [0.15, 0.2) is 0 Å². The number of amides is 1. The molecule has 7 heteroatoms. The third kappa shape index (κ3) is 5.81. The molecule has 0 N–H and O–H groups in total. The maximum absolute atomic E-state index is 12.8. The Morgan fingerprint density at radius 3 is 2.21 bits per heavy atom. The highest BCUT2D eigenvalue weighted by Gasteiger charge is 2.27. The number of para-hydroxylation sites is 1. The number of rotatable bonds is 6. The van der Waals surface area contributed by atoms with Crippen molar-refractivity contribution in [3.63, 3.8) is 0 Å². The van der Waals surface area contributed by atoms with Crippen LogP contribution in [0.4, 0.5) is 10.5 Å². The zero-order valence-electron chi connectivity index (χ0n) is 16.9. The number of hydrogen-bond acceptors (Lipinski definition) is 5. The van der Waals surface area contributed by atoms with Gasteiger partial charge in [0.25, 0.3) is 10.1 Å². The van der Waals surface area contributed by atoms with E-state index in [9.17, 15) is 13.2 Å². The van der Waals surface area contributed by atoms with E-state index in [1.165, 1.54) is 17.0 Å². The van der Waals surface area contributed by atoms with Gasteiger partial charge in [0.2, 0.25) is 0 Å². The van der Waals surface area contributed by atoms with E-state index in [2.05, 4.69) is 0 Å². The lowest BCUT2D eigenvalue weighted by Crippen LogP contribution is -2.39. The normalized spacial score (nSPS) is 11.9. The summed E-state index contributed by atoms with van der Waals surface area (Å²) < 4.78 is 35.7. The van der Waals surface area contributed by atoms with Gasteiger partial charge in [-0.05, 0) is 57.9 Å². The van der Waals surface area contributed by atoms with Gasteiger partial charge in [0.05, 0.1) is 10.6 Å². The van der Waals surface area contributed by atoms with Crippen molar-refractivity contribution in [2.24, 2.45) is 0 Å². The van der Waals surface area contributed by atoms with Gasteiger partial charge in [-0.1, -0.05) is 42.8 Å². The quantitative estimate of drug-likeness (QED) is 0.516. The second-order valence-electron chi connectivity index (χ2n) is 7.40. The van der Waals surface area contributed by atoms with Gasteiger partial charge >= 0.3 is 6.09 Å². The smallest absolute Gasteiger partial charge is 0.416 e. The Kier molecular flexibility index (Phi) is 6.85. The fourth-order valence-corrected chi connectivity index (χ4v) is 3.36. The maximum atomic E-state index is 12.8. The Morgan fingerprint density at radius 1 is 1.04 bits per heavy atom. The fraction of sp³-hybridized carbons (Fsp3) is 0.381. The lowest BCUT2D eigenvalue weighted by molar-refractivity contribution is 0.0555. The monoisotopic (exact) mass is 405 g/mol. The lowest BCUT2D eigenvalue weighted by atomic mass is 10.1. The zero-order chi connectivity index (χ0) is 20.9. The van der Waals surface area contributed by atoms with Crippen LogP contribution in [0.3, 0.4) is 0 Å². The summed E-state index contributed by atoms with van der Waals surface area (Å²) in [5.74, 6) is 0. The highest BCUT2D eigenvalue weighted by Crippen LogP contribution is 2.24. The molecule has 1 amide bonds. The largest absolute Gasteiger partial charge is 0.443 e. The van der Waals surface area contributed by atoms with Crippen molar-refractivity contribution in [1.82, 2.24) is 0 Å². The van der Waals surface area contributed by atoms with Gasteiger partial charge in [0.1, 0.15) is 12.3 Å². The summed E-state index contributed by atoms with van der Waals surface area (Å²) in [6, 6.07) is 13.6. The van der Waals surface area contributed by atoms with E-state index in [1.54, 1.807) is 45.0 Å². The van der Waals surface area contributed by atoms with Gasteiger partial charge in [-0.3, -0.25) is 4.90 Å². The number of anilines is 1. The van der Waals surface area contributed by atoms with Gasteiger partial charge in [-0.25, -0.2) is 8.98 Å². The first kappa shape index (κ1) is 21.9. The molecule has 0 saturated heterocycles. The van der Waals surface area contributed by atoms with E-state index < -0.39 is 28.5 Å². The standard InChI is InChI=1S/C21H27NO5S/c1-6-17-9-7-8-10-19(17)22(20(23)27-21(3,4)5)15-26-28(24,25)18-13-11-16(2)12-14-18/h7-14H,6,15H2,1-5H3. The predicted octanol–water partition coefficient (Wildman–Crippen LogP) is 4.66. The number of ether oxygens (including phenoxy) is 1. The molecule has 0 atom stereocenters. The van der Waals surface area contributed by atoms with Crippen LogP contribution in [0.5, 0.6) is 0 Å². The molecule has 0 heterocycles. The van der Waals surface area contributed by atoms with E-state index >= 15 is 0 Å². The Bertz CT molecular complexity index is 915. The van der Waals surface area contributed by atoms with Crippen LogP contribution in [0.25, 0.3) is 0 Å². The van der Waals surface area contributed by atoms with Crippen molar-refractivity contribution < 1.29 is 22.1 Å². The van der Waals surface area contributed by atoms with Crippen LogP contribution in [-0.2, 0) is 25.5 Å². The third-order valence-electron chi connectivity index (χ3n) is 3.92. The number of aryl methyl sites for hydroxylation is 2. The molecule has 0 aliphatic heterocycles. The Balaban J connectivity index is 2.31. The molecule has 2 aromatic carbocycles. The van der Waals surface area contributed by atoms with Gasteiger partial charge in [-0.15, -0.1) is 0 Å². The molecule has 0 aromatic heterocycles. The summed E-state index contributed by atoms with van der Waals surface area (Å²) in [6.45, 7) is 8.58. The van der Waals surface area contributed by atoms with Crippen molar-refractivity contribution in [3.05, 3.63) is 59.7 Å². The van der Waals surface area contributed by atoms with Crippen LogP contribution in [0.1, 0.15) is 38.8 Å². The van der Waals surface area contributed by atoms with Crippen LogP contribution in [0.15, 0.2) is 53.4 Å². The first-order valence-corrected chi connectivity index (χ1v) is 10.5. The topological polar surface area (TPSA) is 72.9 Å². The molecule has 28 heavy (non-hydrogen) atoms. The summed E-state index contributed by atoms with van der Waals surface area (Å²) >= 11 is 0. The highest BCUT2D eigenvalue weighted by molar-refractivity contribution is 7.86. The Morgan fingerprint density at radius 2 is 1.64 bits per heavy atom. The van der Waals surface area contributed by atoms with Crippen LogP contribution in [0.2, 0.25) is 0 Å². The average Bonchev–Trinajstić information content (AvgIpc) is 2.61. The maximum Gasteiger partial charge on any atom is 0.416 e. The van der Waals surface area contributed by atoms with Crippen molar-refractivity contribution in [1.29, 1.82) is 0 Å². The lowest BCUT2D eigenvalue weighted by Gasteiger charge is -2.28. The fourth-order valence-electron chi connectivity index (χ4n) is 2.51. The van der Waals surface area contributed by atoms with E-state index in [4.69, 9.17) is 8.92 Å². The predicted molar refractivity (Wildman–Crippen MR) is 109 cm³/mol. The minimum absolute atomic E-state index is 0.0333. The molecule has 2 rings (SSSR count). The van der Waals surface area contributed by atoms with Crippen molar-refractivity contribution in [2.45, 2.75) is 51.5 Å². The van der Waals surface area contributed by atoms with E-state index in [0.717, 1.165) is 11.1 Å². The molecule has 0 aliphatic rings. The molecule has 0 aliphatic carbocycles. The van der Waals surface area contributed by atoms with E-state index in [0.29, 0.717) is 12.1 Å². The Hall–Kier alpha value is -2.38. The minimum Gasteiger partial charge on any atom is -0.443 e. The van der Waals surface area contributed by atoms with E-state index in [-0.39, 0.29) is 4.90 Å². The molecule has 0 spiro atoms. The van der Waals surface area contributed by atoms with Crippen molar-refractivity contribution in [3.8, 4) is 0 Å². The zero-order valence-corrected chi connectivity index (χ0v) is 17.7. The molecule has 0 bridgehead atoms. The number of benzene rings is 2. The summed E-state index contributed by atoms with van der Waals surface area (Å²) in [6.07, 6.45) is -0.00676. The molecular formula is C21H27NO5S. The summed E-state index contributed by atoms with van der Waals surface area (Å²) in [5.41, 5.74) is 1.64. The first-order valence-electron chi connectivity index (χ1n) is 9.08. The van der Waals surface area contributed by atoms with Crippen LogP contribution < -0.4 is 4.90 Å². The number of carbonyl (C=O) groups excluding carboxylic acids is 1. The molecule has 0 fully saturated rings. The average molecular weight is 406 g/mol. The minimum atomic E-state index is -4.03. The SMILES string of the molecule is CCc1ccccc1N(COS(=O)(=O)c1ccc(C)cc1)C(=O)OC(C)(C)C. The molecular weight excluding hydrogens is 378 g/mol. The van der Waals surface area contributed by atoms with Crippen LogP contribution >= 0.6 is 0 Å². The molecule has 0 saturated carbocycles. The molecule has 6 nitrogen and oxygen atoms in total. The highest BCUT2D eigenvalue weighted by atomic mass is 32.2. The number of hydrogen-bond donors (Lipinski definition) is 0. The summed E-state index contributed by atoms with van der Waals surface area (Å²) in [7, 11) is -4.03. The second-order valence-corrected chi connectivity index (χ2v) is 9.02. The first-order chi connectivity index (χ1) is 13.0.